The molecular formula is C12H24N2O2. The van der Waals surface area contributed by atoms with Crippen LogP contribution >= 0.6 is 0 Å². The number of carbonyl (C=O) groups excluding carboxylic acids is 1. The quantitative estimate of drug-likeness (QED) is 0.624. The molecule has 1 aliphatic carbocycles. The van der Waals surface area contributed by atoms with E-state index in [4.69, 9.17) is 10.8 Å². The number of aliphatic hydroxyl groups is 1. The molecule has 1 aliphatic rings. The van der Waals surface area contributed by atoms with E-state index in [-0.39, 0.29) is 23.3 Å². The summed E-state index contributed by atoms with van der Waals surface area (Å²) >= 11 is 0. The summed E-state index contributed by atoms with van der Waals surface area (Å²) in [5.41, 5.74) is 5.32. The Balaban J connectivity index is 2.40. The second-order valence-corrected chi connectivity index (χ2v) is 5.66. The van der Waals surface area contributed by atoms with Crippen molar-refractivity contribution in [2.45, 2.75) is 39.5 Å². The molecule has 16 heavy (non-hydrogen) atoms. The third kappa shape index (κ3) is 2.95. The Bertz CT molecular complexity index is 242. The molecule has 0 atom stereocenters. The van der Waals surface area contributed by atoms with Gasteiger partial charge in [-0.05, 0) is 24.7 Å². The molecular weight excluding hydrogens is 204 g/mol. The third-order valence-corrected chi connectivity index (χ3v) is 3.70. The first kappa shape index (κ1) is 13.5. The number of carbonyl (C=O) groups is 1. The second kappa shape index (κ2) is 5.15. The van der Waals surface area contributed by atoms with Gasteiger partial charge in [0.15, 0.2) is 0 Å². The summed E-state index contributed by atoms with van der Waals surface area (Å²) in [4.78, 5) is 12.0. The van der Waals surface area contributed by atoms with Crippen LogP contribution in [-0.2, 0) is 4.79 Å². The minimum absolute atomic E-state index is 0.0516. The minimum Gasteiger partial charge on any atom is -0.396 e. The summed E-state index contributed by atoms with van der Waals surface area (Å²) in [5, 5.41) is 11.9. The van der Waals surface area contributed by atoms with E-state index in [0.717, 1.165) is 19.3 Å². The van der Waals surface area contributed by atoms with Gasteiger partial charge < -0.3 is 16.2 Å². The lowest BCUT2D eigenvalue weighted by molar-refractivity contribution is -0.135. The highest BCUT2D eigenvalue weighted by atomic mass is 16.3. The van der Waals surface area contributed by atoms with Gasteiger partial charge in [-0.3, -0.25) is 4.79 Å². The molecule has 0 aliphatic heterocycles. The topological polar surface area (TPSA) is 75.3 Å². The molecule has 1 amide bonds. The lowest BCUT2D eigenvalue weighted by Gasteiger charge is -2.40. The molecule has 0 heterocycles. The molecule has 1 saturated carbocycles. The predicted molar refractivity (Wildman–Crippen MR) is 63.8 cm³/mol. The maximum Gasteiger partial charge on any atom is 0.227 e. The molecule has 4 nitrogen and oxygen atoms in total. The number of nitrogens with two attached hydrogens (primary N) is 1. The molecule has 0 saturated heterocycles. The van der Waals surface area contributed by atoms with Crippen molar-refractivity contribution >= 4 is 5.91 Å². The Morgan fingerprint density at radius 1 is 1.50 bits per heavy atom. The lowest BCUT2D eigenvalue weighted by Crippen LogP contribution is -2.51. The van der Waals surface area contributed by atoms with Crippen molar-refractivity contribution in [1.82, 2.24) is 5.32 Å². The summed E-state index contributed by atoms with van der Waals surface area (Å²) in [6.07, 6.45) is 3.62. The number of nitrogens with one attached hydrogen (secondary N) is 1. The van der Waals surface area contributed by atoms with Crippen LogP contribution in [0.25, 0.3) is 0 Å². The fourth-order valence-corrected chi connectivity index (χ4v) is 2.03. The molecule has 1 fully saturated rings. The zero-order valence-corrected chi connectivity index (χ0v) is 10.4. The summed E-state index contributed by atoms with van der Waals surface area (Å²) in [5.74, 6) is 0.0901. The van der Waals surface area contributed by atoms with Gasteiger partial charge in [0, 0.05) is 19.7 Å². The van der Waals surface area contributed by atoms with Gasteiger partial charge >= 0.3 is 0 Å². The van der Waals surface area contributed by atoms with E-state index in [1.165, 1.54) is 0 Å². The predicted octanol–water partition coefficient (Wildman–Crippen LogP) is 0.640. The van der Waals surface area contributed by atoms with Crippen LogP contribution in [-0.4, -0.2) is 30.7 Å². The average molecular weight is 228 g/mol. The highest BCUT2D eigenvalue weighted by Crippen LogP contribution is 2.40. The Morgan fingerprint density at radius 3 is 2.50 bits per heavy atom. The average Bonchev–Trinajstić information content (AvgIpc) is 2.14. The third-order valence-electron chi connectivity index (χ3n) is 3.70. The van der Waals surface area contributed by atoms with Crippen molar-refractivity contribution in [3.8, 4) is 0 Å². The van der Waals surface area contributed by atoms with Crippen molar-refractivity contribution in [2.24, 2.45) is 16.6 Å². The van der Waals surface area contributed by atoms with Crippen molar-refractivity contribution in [3.63, 3.8) is 0 Å². The first-order chi connectivity index (χ1) is 7.46. The van der Waals surface area contributed by atoms with E-state index in [2.05, 4.69) is 5.32 Å². The Hall–Kier alpha value is -0.610. The number of rotatable bonds is 6. The van der Waals surface area contributed by atoms with E-state index in [9.17, 15) is 4.79 Å². The van der Waals surface area contributed by atoms with Crippen LogP contribution < -0.4 is 11.1 Å². The molecule has 0 aromatic carbocycles. The van der Waals surface area contributed by atoms with Crippen LogP contribution in [0.2, 0.25) is 0 Å². The van der Waals surface area contributed by atoms with E-state index < -0.39 is 0 Å². The van der Waals surface area contributed by atoms with Crippen LogP contribution in [0.1, 0.15) is 39.5 Å². The van der Waals surface area contributed by atoms with Crippen LogP contribution in [0.15, 0.2) is 0 Å². The molecule has 1 rings (SSSR count). The number of hydrogen-bond acceptors (Lipinski definition) is 3. The highest BCUT2D eigenvalue weighted by molar-refractivity contribution is 5.83. The molecule has 0 aromatic heterocycles. The molecule has 0 bridgehead atoms. The van der Waals surface area contributed by atoms with Crippen LogP contribution in [0.5, 0.6) is 0 Å². The summed E-state index contributed by atoms with van der Waals surface area (Å²) in [6.45, 7) is 5.29. The highest BCUT2D eigenvalue weighted by Gasteiger charge is 2.42. The second-order valence-electron chi connectivity index (χ2n) is 5.66. The summed E-state index contributed by atoms with van der Waals surface area (Å²) < 4.78 is 0. The van der Waals surface area contributed by atoms with Crippen molar-refractivity contribution in [2.75, 3.05) is 19.7 Å². The zero-order valence-electron chi connectivity index (χ0n) is 10.4. The fraction of sp³-hybridized carbons (Fsp3) is 0.917. The Kier molecular flexibility index (Phi) is 4.33. The van der Waals surface area contributed by atoms with Gasteiger partial charge in [-0.25, -0.2) is 0 Å². The standard InChI is InChI=1S/C12H24N2O2/c1-11(2,6-7-15)9-14-10(16)12(8-13)4-3-5-12/h15H,3-9,13H2,1-2H3,(H,14,16). The van der Waals surface area contributed by atoms with Crippen molar-refractivity contribution < 1.29 is 9.90 Å². The van der Waals surface area contributed by atoms with E-state index >= 15 is 0 Å². The Labute approximate surface area is 97.6 Å². The van der Waals surface area contributed by atoms with Crippen LogP contribution in [0.3, 0.4) is 0 Å². The molecule has 0 unspecified atom stereocenters. The molecule has 4 N–H and O–H groups in total. The fourth-order valence-electron chi connectivity index (χ4n) is 2.03. The van der Waals surface area contributed by atoms with Crippen molar-refractivity contribution in [3.05, 3.63) is 0 Å². The van der Waals surface area contributed by atoms with Gasteiger partial charge in [-0.15, -0.1) is 0 Å². The van der Waals surface area contributed by atoms with Gasteiger partial charge in [0.25, 0.3) is 0 Å². The molecule has 0 radical (unpaired) electrons. The Morgan fingerprint density at radius 2 is 2.12 bits per heavy atom. The smallest absolute Gasteiger partial charge is 0.227 e. The van der Waals surface area contributed by atoms with E-state index in [0.29, 0.717) is 19.5 Å². The minimum atomic E-state index is -0.296. The summed E-state index contributed by atoms with van der Waals surface area (Å²) in [6, 6.07) is 0. The van der Waals surface area contributed by atoms with Gasteiger partial charge in [-0.1, -0.05) is 20.3 Å². The number of aliphatic hydroxyl groups excluding tert-OH is 1. The van der Waals surface area contributed by atoms with Gasteiger partial charge in [0.1, 0.15) is 0 Å². The van der Waals surface area contributed by atoms with E-state index in [1.807, 2.05) is 13.8 Å². The largest absolute Gasteiger partial charge is 0.396 e. The maximum atomic E-state index is 12.0. The van der Waals surface area contributed by atoms with Crippen molar-refractivity contribution in [1.29, 1.82) is 0 Å². The number of hydrogen-bond donors (Lipinski definition) is 3. The molecule has 0 spiro atoms. The zero-order chi connectivity index (χ0) is 12.2. The molecule has 4 heteroatoms. The monoisotopic (exact) mass is 228 g/mol. The maximum absolute atomic E-state index is 12.0. The number of amides is 1. The first-order valence-electron chi connectivity index (χ1n) is 6.05. The lowest BCUT2D eigenvalue weighted by atomic mass is 9.68. The van der Waals surface area contributed by atoms with Gasteiger partial charge in [-0.2, -0.15) is 0 Å². The first-order valence-corrected chi connectivity index (χ1v) is 6.05. The summed E-state index contributed by atoms with van der Waals surface area (Å²) in [7, 11) is 0. The van der Waals surface area contributed by atoms with Crippen LogP contribution in [0, 0.1) is 10.8 Å². The normalized spacial score (nSPS) is 19.0. The van der Waals surface area contributed by atoms with Crippen LogP contribution in [0.4, 0.5) is 0 Å². The van der Waals surface area contributed by atoms with Gasteiger partial charge in [0.2, 0.25) is 5.91 Å². The van der Waals surface area contributed by atoms with E-state index in [1.54, 1.807) is 0 Å². The molecule has 94 valence electrons. The molecule has 0 aromatic rings. The van der Waals surface area contributed by atoms with Gasteiger partial charge in [0.05, 0.1) is 5.41 Å². The SMILES string of the molecule is CC(C)(CCO)CNC(=O)C1(CN)CCC1.